The van der Waals surface area contributed by atoms with Crippen molar-refractivity contribution in [1.82, 2.24) is 4.98 Å². The predicted octanol–water partition coefficient (Wildman–Crippen LogP) is 3.30. The summed E-state index contributed by atoms with van der Waals surface area (Å²) in [6.45, 7) is 0. The first kappa shape index (κ1) is 13.0. The lowest BCUT2D eigenvalue weighted by Crippen LogP contribution is -2.12. The molecule has 1 amide bonds. The van der Waals surface area contributed by atoms with E-state index in [0.717, 1.165) is 17.2 Å². The molecule has 1 heterocycles. The van der Waals surface area contributed by atoms with Gasteiger partial charge in [-0.3, -0.25) is 14.6 Å². The first-order valence-corrected chi connectivity index (χ1v) is 6.48. The van der Waals surface area contributed by atoms with Crippen molar-refractivity contribution in [3.05, 3.63) is 71.9 Å². The predicted molar refractivity (Wildman–Crippen MR) is 81.5 cm³/mol. The summed E-state index contributed by atoms with van der Waals surface area (Å²) in [7, 11) is 0. The molecule has 1 N–H and O–H groups in total. The molecule has 0 radical (unpaired) electrons. The number of benzene rings is 2. The number of carbonyl (C=O) groups is 2. The minimum Gasteiger partial charge on any atom is -0.322 e. The van der Waals surface area contributed by atoms with Crippen LogP contribution in [0.1, 0.15) is 20.7 Å². The highest BCUT2D eigenvalue weighted by Crippen LogP contribution is 2.18. The number of hydrogen-bond donors (Lipinski definition) is 1. The smallest absolute Gasteiger partial charge is 0.256 e. The quantitative estimate of drug-likeness (QED) is 0.747. The summed E-state index contributed by atoms with van der Waals surface area (Å²) < 4.78 is 0. The number of nitrogens with zero attached hydrogens (tertiary/aromatic N) is 1. The number of para-hydroxylation sites is 1. The third-order valence-corrected chi connectivity index (χ3v) is 3.17. The number of pyridine rings is 1. The molecule has 0 fully saturated rings. The number of aromatic nitrogens is 1. The van der Waals surface area contributed by atoms with E-state index in [1.807, 2.05) is 24.3 Å². The lowest BCUT2D eigenvalue weighted by atomic mass is 10.1. The molecule has 4 heteroatoms. The first-order chi connectivity index (χ1) is 10.3. The molecule has 0 bridgehead atoms. The van der Waals surface area contributed by atoms with Gasteiger partial charge in [0.2, 0.25) is 0 Å². The van der Waals surface area contributed by atoms with Crippen LogP contribution >= 0.6 is 0 Å². The summed E-state index contributed by atoms with van der Waals surface area (Å²) in [5, 5.41) is 3.59. The summed E-state index contributed by atoms with van der Waals surface area (Å²) in [4.78, 5) is 27.4. The second-order valence-corrected chi connectivity index (χ2v) is 4.57. The second-order valence-electron chi connectivity index (χ2n) is 4.57. The fourth-order valence-electron chi connectivity index (χ4n) is 2.18. The van der Waals surface area contributed by atoms with Crippen LogP contribution in [0.3, 0.4) is 0 Å². The maximum Gasteiger partial charge on any atom is 0.256 e. The van der Waals surface area contributed by atoms with E-state index in [4.69, 9.17) is 0 Å². The fraction of sp³-hybridized carbons (Fsp3) is 0. The Balaban J connectivity index is 1.95. The number of amides is 1. The molecule has 0 atom stereocenters. The topological polar surface area (TPSA) is 59.1 Å². The standard InChI is InChI=1S/C17H12N2O2/c20-11-12-4-3-5-13(10-12)19-17(21)15-8-9-18-16-7-2-1-6-14(15)16/h1-11H,(H,19,21). The van der Waals surface area contributed by atoms with Crippen molar-refractivity contribution in [2.24, 2.45) is 0 Å². The summed E-state index contributed by atoms with van der Waals surface area (Å²) in [6.07, 6.45) is 2.36. The third kappa shape index (κ3) is 2.65. The van der Waals surface area contributed by atoms with Gasteiger partial charge < -0.3 is 5.32 Å². The van der Waals surface area contributed by atoms with Crippen molar-refractivity contribution in [1.29, 1.82) is 0 Å². The Bertz CT molecular complexity index is 822. The highest BCUT2D eigenvalue weighted by atomic mass is 16.1. The number of nitrogens with one attached hydrogen (secondary N) is 1. The zero-order chi connectivity index (χ0) is 14.7. The van der Waals surface area contributed by atoms with E-state index < -0.39 is 0 Å². The molecular formula is C17H12N2O2. The van der Waals surface area contributed by atoms with Gasteiger partial charge >= 0.3 is 0 Å². The van der Waals surface area contributed by atoms with E-state index in [0.29, 0.717) is 16.8 Å². The van der Waals surface area contributed by atoms with Gasteiger partial charge in [-0.25, -0.2) is 0 Å². The summed E-state index contributed by atoms with van der Waals surface area (Å²) in [6, 6.07) is 15.9. The highest BCUT2D eigenvalue weighted by Gasteiger charge is 2.10. The van der Waals surface area contributed by atoms with Gasteiger partial charge in [-0.2, -0.15) is 0 Å². The largest absolute Gasteiger partial charge is 0.322 e. The molecule has 0 aliphatic heterocycles. The lowest BCUT2D eigenvalue weighted by Gasteiger charge is -2.08. The average Bonchev–Trinajstić information content (AvgIpc) is 2.54. The number of hydrogen-bond acceptors (Lipinski definition) is 3. The maximum absolute atomic E-state index is 12.4. The van der Waals surface area contributed by atoms with E-state index in [-0.39, 0.29) is 5.91 Å². The van der Waals surface area contributed by atoms with Crippen molar-refractivity contribution in [3.63, 3.8) is 0 Å². The Morgan fingerprint density at radius 2 is 1.90 bits per heavy atom. The van der Waals surface area contributed by atoms with Crippen LogP contribution in [0.2, 0.25) is 0 Å². The fourth-order valence-corrected chi connectivity index (χ4v) is 2.18. The van der Waals surface area contributed by atoms with Crippen molar-refractivity contribution < 1.29 is 9.59 Å². The van der Waals surface area contributed by atoms with Crippen LogP contribution in [0, 0.1) is 0 Å². The van der Waals surface area contributed by atoms with Crippen LogP contribution in [-0.4, -0.2) is 17.2 Å². The van der Waals surface area contributed by atoms with Crippen LogP contribution in [-0.2, 0) is 0 Å². The van der Waals surface area contributed by atoms with Gasteiger partial charge in [0, 0.05) is 22.8 Å². The second kappa shape index (κ2) is 5.54. The molecule has 0 saturated carbocycles. The monoisotopic (exact) mass is 276 g/mol. The first-order valence-electron chi connectivity index (χ1n) is 6.48. The number of aldehydes is 1. The van der Waals surface area contributed by atoms with E-state index in [1.165, 1.54) is 0 Å². The molecule has 4 nitrogen and oxygen atoms in total. The summed E-state index contributed by atoms with van der Waals surface area (Å²) in [5.74, 6) is -0.225. The molecule has 0 spiro atoms. The molecule has 0 unspecified atom stereocenters. The zero-order valence-electron chi connectivity index (χ0n) is 11.1. The van der Waals surface area contributed by atoms with Crippen molar-refractivity contribution in [2.45, 2.75) is 0 Å². The lowest BCUT2D eigenvalue weighted by molar-refractivity contribution is 0.102. The van der Waals surface area contributed by atoms with Gasteiger partial charge in [-0.15, -0.1) is 0 Å². The molecule has 21 heavy (non-hydrogen) atoms. The van der Waals surface area contributed by atoms with E-state index in [1.54, 1.807) is 36.5 Å². The van der Waals surface area contributed by atoms with Crippen molar-refractivity contribution >= 4 is 28.8 Å². The number of carbonyl (C=O) groups excluding carboxylic acids is 2. The van der Waals surface area contributed by atoms with Gasteiger partial charge in [-0.1, -0.05) is 30.3 Å². The summed E-state index contributed by atoms with van der Waals surface area (Å²) in [5.41, 5.74) is 2.43. The Morgan fingerprint density at radius 1 is 1.05 bits per heavy atom. The van der Waals surface area contributed by atoms with Gasteiger partial charge in [0.15, 0.2) is 0 Å². The SMILES string of the molecule is O=Cc1cccc(NC(=O)c2ccnc3ccccc23)c1. The van der Waals surface area contributed by atoms with Crippen LogP contribution in [0.4, 0.5) is 5.69 Å². The van der Waals surface area contributed by atoms with Crippen LogP contribution < -0.4 is 5.32 Å². The van der Waals surface area contributed by atoms with Crippen LogP contribution in [0.5, 0.6) is 0 Å². The number of rotatable bonds is 3. The Morgan fingerprint density at radius 3 is 2.76 bits per heavy atom. The molecule has 3 aromatic rings. The third-order valence-electron chi connectivity index (χ3n) is 3.17. The van der Waals surface area contributed by atoms with E-state index in [2.05, 4.69) is 10.3 Å². The van der Waals surface area contributed by atoms with Gasteiger partial charge in [-0.05, 0) is 24.3 Å². The van der Waals surface area contributed by atoms with E-state index >= 15 is 0 Å². The molecule has 0 aliphatic rings. The Hall–Kier alpha value is -3.01. The Labute approximate surface area is 121 Å². The zero-order valence-corrected chi connectivity index (χ0v) is 11.1. The number of anilines is 1. The normalized spacial score (nSPS) is 10.3. The van der Waals surface area contributed by atoms with E-state index in [9.17, 15) is 9.59 Å². The average molecular weight is 276 g/mol. The van der Waals surface area contributed by atoms with Gasteiger partial charge in [0.25, 0.3) is 5.91 Å². The molecule has 102 valence electrons. The number of fused-ring (bicyclic) bond motifs is 1. The van der Waals surface area contributed by atoms with Crippen molar-refractivity contribution in [2.75, 3.05) is 5.32 Å². The highest BCUT2D eigenvalue weighted by molar-refractivity contribution is 6.12. The van der Waals surface area contributed by atoms with Gasteiger partial charge in [0.05, 0.1) is 11.1 Å². The minimum absolute atomic E-state index is 0.225. The molecule has 3 rings (SSSR count). The molecule has 2 aromatic carbocycles. The molecule has 1 aromatic heterocycles. The minimum atomic E-state index is -0.225. The molecule has 0 saturated heterocycles. The molecule has 0 aliphatic carbocycles. The molecular weight excluding hydrogens is 264 g/mol. The van der Waals surface area contributed by atoms with Crippen molar-refractivity contribution in [3.8, 4) is 0 Å². The van der Waals surface area contributed by atoms with Crippen LogP contribution in [0.25, 0.3) is 10.9 Å². The summed E-state index contributed by atoms with van der Waals surface area (Å²) >= 11 is 0. The maximum atomic E-state index is 12.4. The Kier molecular flexibility index (Phi) is 3.43. The van der Waals surface area contributed by atoms with Crippen LogP contribution in [0.15, 0.2) is 60.8 Å². The van der Waals surface area contributed by atoms with Gasteiger partial charge in [0.1, 0.15) is 6.29 Å².